The Morgan fingerprint density at radius 1 is 1.53 bits per heavy atom. The number of benzene rings is 1. The number of aromatic nitrogens is 2. The highest BCUT2D eigenvalue weighted by Crippen LogP contribution is 2.26. The molecule has 0 aliphatic carbocycles. The Morgan fingerprint density at radius 2 is 2.26 bits per heavy atom. The Kier molecular flexibility index (Phi) is 3.99. The molecule has 0 bridgehead atoms. The molecule has 0 saturated heterocycles. The highest BCUT2D eigenvalue weighted by atomic mass is 79.9. The fraction of sp³-hybridized carbons (Fsp3) is 0.231. The molecule has 0 fully saturated rings. The van der Waals surface area contributed by atoms with Crippen LogP contribution in [0.4, 0.5) is 4.39 Å². The molecule has 1 heterocycles. The zero-order chi connectivity index (χ0) is 14.0. The topological polar surface area (TPSA) is 44.1 Å². The third-order valence-electron chi connectivity index (χ3n) is 2.72. The Labute approximate surface area is 118 Å². The van der Waals surface area contributed by atoms with Gasteiger partial charge in [0.25, 0.3) is 0 Å². The summed E-state index contributed by atoms with van der Waals surface area (Å²) in [7, 11) is 1.48. The Bertz CT molecular complexity index is 604. The van der Waals surface area contributed by atoms with Gasteiger partial charge in [-0.15, -0.1) is 0 Å². The zero-order valence-electron chi connectivity index (χ0n) is 10.5. The first kappa shape index (κ1) is 13.7. The molecule has 19 heavy (non-hydrogen) atoms. The van der Waals surface area contributed by atoms with Crippen LogP contribution in [-0.2, 0) is 6.54 Å². The van der Waals surface area contributed by atoms with Crippen molar-refractivity contribution in [1.82, 2.24) is 9.78 Å². The summed E-state index contributed by atoms with van der Waals surface area (Å²) >= 11 is 3.19. The van der Waals surface area contributed by atoms with Crippen LogP contribution < -0.4 is 4.74 Å². The van der Waals surface area contributed by atoms with Gasteiger partial charge in [-0.1, -0.05) is 0 Å². The number of carbonyl (C=O) groups is 1. The average molecular weight is 327 g/mol. The molecule has 0 amide bonds. The fourth-order valence-corrected chi connectivity index (χ4v) is 2.32. The van der Waals surface area contributed by atoms with Gasteiger partial charge < -0.3 is 4.74 Å². The van der Waals surface area contributed by atoms with Crippen LogP contribution in [0, 0.1) is 5.82 Å². The minimum atomic E-state index is -0.403. The predicted molar refractivity (Wildman–Crippen MR) is 72.0 cm³/mol. The second-order valence-electron chi connectivity index (χ2n) is 3.83. The monoisotopic (exact) mass is 326 g/mol. The van der Waals surface area contributed by atoms with E-state index < -0.39 is 5.82 Å². The van der Waals surface area contributed by atoms with Crippen molar-refractivity contribution in [3.63, 3.8) is 0 Å². The minimum Gasteiger partial charge on any atom is -0.493 e. The molecule has 6 heteroatoms. The molecule has 2 aromatic rings. The van der Waals surface area contributed by atoms with Gasteiger partial charge in [0.05, 0.1) is 13.3 Å². The van der Waals surface area contributed by atoms with Crippen LogP contribution in [0.15, 0.2) is 28.9 Å². The normalized spacial score (nSPS) is 10.5. The number of hydrogen-bond acceptors (Lipinski definition) is 3. The van der Waals surface area contributed by atoms with Crippen LogP contribution in [0.3, 0.4) is 0 Å². The van der Waals surface area contributed by atoms with E-state index in [9.17, 15) is 9.18 Å². The summed E-state index contributed by atoms with van der Waals surface area (Å²) in [6.45, 7) is 2.42. The first-order chi connectivity index (χ1) is 9.08. The smallest absolute Gasteiger partial charge is 0.215 e. The third-order valence-corrected chi connectivity index (χ3v) is 3.37. The molecule has 0 radical (unpaired) electrons. The molecule has 100 valence electrons. The summed E-state index contributed by atoms with van der Waals surface area (Å²) in [5.41, 5.74) is 0.729. The van der Waals surface area contributed by atoms with Crippen molar-refractivity contribution >= 4 is 21.7 Å². The van der Waals surface area contributed by atoms with Crippen LogP contribution in [0.2, 0.25) is 0 Å². The van der Waals surface area contributed by atoms with Gasteiger partial charge in [0.2, 0.25) is 5.78 Å². The molecule has 0 aliphatic rings. The summed E-state index contributed by atoms with van der Waals surface area (Å²) in [4.78, 5) is 12.5. The van der Waals surface area contributed by atoms with Crippen molar-refractivity contribution in [1.29, 1.82) is 0 Å². The number of rotatable bonds is 4. The maximum atomic E-state index is 13.1. The summed E-state index contributed by atoms with van der Waals surface area (Å²) in [5, 5.41) is 4.08. The lowest BCUT2D eigenvalue weighted by Gasteiger charge is -2.08. The molecule has 0 N–H and O–H groups in total. The van der Waals surface area contributed by atoms with E-state index in [-0.39, 0.29) is 5.78 Å². The quantitative estimate of drug-likeness (QED) is 0.811. The van der Waals surface area contributed by atoms with Gasteiger partial charge in [-0.3, -0.25) is 9.48 Å². The molecule has 4 nitrogen and oxygen atoms in total. The van der Waals surface area contributed by atoms with Crippen molar-refractivity contribution in [2.75, 3.05) is 7.11 Å². The van der Waals surface area contributed by atoms with E-state index in [0.717, 1.165) is 0 Å². The lowest BCUT2D eigenvalue weighted by molar-refractivity contribution is 0.102. The van der Waals surface area contributed by atoms with E-state index >= 15 is 0 Å². The van der Waals surface area contributed by atoms with Crippen LogP contribution in [0.25, 0.3) is 0 Å². The molecule has 1 aromatic heterocycles. The van der Waals surface area contributed by atoms with Crippen LogP contribution in [-0.4, -0.2) is 22.7 Å². The van der Waals surface area contributed by atoms with Crippen LogP contribution in [0.5, 0.6) is 5.75 Å². The highest BCUT2D eigenvalue weighted by molar-refractivity contribution is 9.10. The number of carbonyl (C=O) groups excluding carboxylic acids is 1. The first-order valence-corrected chi connectivity index (χ1v) is 6.47. The van der Waals surface area contributed by atoms with Gasteiger partial charge in [0, 0.05) is 16.6 Å². The summed E-state index contributed by atoms with van der Waals surface area (Å²) in [5.74, 6) is -0.259. The van der Waals surface area contributed by atoms with Crippen molar-refractivity contribution in [2.45, 2.75) is 13.5 Å². The Balaban J connectivity index is 2.52. The molecule has 0 aliphatic heterocycles. The van der Waals surface area contributed by atoms with Crippen molar-refractivity contribution in [2.24, 2.45) is 0 Å². The molecule has 0 atom stereocenters. The second kappa shape index (κ2) is 5.52. The zero-order valence-corrected chi connectivity index (χ0v) is 12.1. The van der Waals surface area contributed by atoms with Gasteiger partial charge in [-0.05, 0) is 41.1 Å². The summed E-state index contributed by atoms with van der Waals surface area (Å²) in [6, 6.07) is 3.94. The fourth-order valence-electron chi connectivity index (χ4n) is 1.79. The summed E-state index contributed by atoms with van der Waals surface area (Å²) < 4.78 is 20.2. The van der Waals surface area contributed by atoms with Crippen LogP contribution in [0.1, 0.15) is 23.0 Å². The van der Waals surface area contributed by atoms with E-state index in [1.54, 1.807) is 4.68 Å². The predicted octanol–water partition coefficient (Wildman–Crippen LogP) is 3.04. The molecule has 0 unspecified atom stereocenters. The average Bonchev–Trinajstić information content (AvgIpc) is 2.80. The van der Waals surface area contributed by atoms with Crippen LogP contribution >= 0.6 is 15.9 Å². The lowest BCUT2D eigenvalue weighted by atomic mass is 10.1. The first-order valence-electron chi connectivity index (χ1n) is 5.68. The lowest BCUT2D eigenvalue weighted by Crippen LogP contribution is -2.12. The maximum absolute atomic E-state index is 13.1. The molecular formula is C13H12BrFN2O2. The van der Waals surface area contributed by atoms with Gasteiger partial charge in [0.15, 0.2) is 11.4 Å². The van der Waals surface area contributed by atoms with Gasteiger partial charge in [0.1, 0.15) is 5.82 Å². The van der Waals surface area contributed by atoms with E-state index in [0.29, 0.717) is 28.0 Å². The Hall–Kier alpha value is -1.69. The van der Waals surface area contributed by atoms with E-state index in [2.05, 4.69) is 21.0 Å². The second-order valence-corrected chi connectivity index (χ2v) is 4.68. The van der Waals surface area contributed by atoms with Gasteiger partial charge in [-0.25, -0.2) is 4.39 Å². The number of aryl methyl sites for hydroxylation is 1. The molecule has 1 aromatic carbocycles. The number of ether oxygens (including phenoxy) is 1. The van der Waals surface area contributed by atoms with E-state index in [1.165, 1.54) is 31.5 Å². The van der Waals surface area contributed by atoms with E-state index in [1.807, 2.05) is 6.92 Å². The summed E-state index contributed by atoms with van der Waals surface area (Å²) in [6.07, 6.45) is 1.49. The van der Waals surface area contributed by atoms with E-state index in [4.69, 9.17) is 4.74 Å². The standard InChI is InChI=1S/C13H12BrFN2O2/c1-3-17-12(11(19-2)7-16-17)13(18)9-5-4-8(15)6-10(9)14/h4-7H,3H2,1-2H3. The molecular weight excluding hydrogens is 315 g/mol. The van der Waals surface area contributed by atoms with Gasteiger partial charge >= 0.3 is 0 Å². The minimum absolute atomic E-state index is 0.261. The van der Waals surface area contributed by atoms with Crippen molar-refractivity contribution in [3.8, 4) is 5.75 Å². The number of halogens is 2. The van der Waals surface area contributed by atoms with Gasteiger partial charge in [-0.2, -0.15) is 5.10 Å². The Morgan fingerprint density at radius 3 is 2.84 bits per heavy atom. The van der Waals surface area contributed by atoms with Crippen molar-refractivity contribution < 1.29 is 13.9 Å². The SMILES string of the molecule is CCn1ncc(OC)c1C(=O)c1ccc(F)cc1Br. The third kappa shape index (κ3) is 2.53. The molecule has 0 saturated carbocycles. The maximum Gasteiger partial charge on any atom is 0.215 e. The number of hydrogen-bond donors (Lipinski definition) is 0. The molecule has 0 spiro atoms. The largest absolute Gasteiger partial charge is 0.493 e. The highest BCUT2D eigenvalue weighted by Gasteiger charge is 2.22. The number of methoxy groups -OCH3 is 1. The molecule has 2 rings (SSSR count). The number of ketones is 1. The van der Waals surface area contributed by atoms with Crippen molar-refractivity contribution in [3.05, 3.63) is 45.9 Å². The number of nitrogens with zero attached hydrogens (tertiary/aromatic N) is 2.